The molecule has 1 N–H and O–H groups in total. The van der Waals surface area contributed by atoms with Gasteiger partial charge >= 0.3 is 17.9 Å². The summed E-state index contributed by atoms with van der Waals surface area (Å²) >= 11 is 0. The SMILES string of the molecule is CCCCCCCCCCCCCCCCCCCCCCCCCCCCCCCCCCCCCC(=O)OC(COC(=O)CCCCCCCCCCCCCCCCCCCCCC)COC(OCC[N+](C)(C)C)C(=O)O. The molecule has 0 radical (unpaired) electrons. The number of aliphatic carboxylic acids is 1. The van der Waals surface area contributed by atoms with Crippen LogP contribution in [0.5, 0.6) is 0 Å². The maximum Gasteiger partial charge on any atom is 0.361 e. The number of esters is 2. The van der Waals surface area contributed by atoms with Gasteiger partial charge < -0.3 is 28.5 Å². The van der Waals surface area contributed by atoms with Crippen molar-refractivity contribution in [1.82, 2.24) is 0 Å². The highest BCUT2D eigenvalue weighted by atomic mass is 16.7. The molecular formula is C71H140NO8+. The van der Waals surface area contributed by atoms with E-state index in [-0.39, 0.29) is 38.2 Å². The van der Waals surface area contributed by atoms with Gasteiger partial charge in [0.2, 0.25) is 0 Å². The van der Waals surface area contributed by atoms with Gasteiger partial charge in [0, 0.05) is 12.8 Å². The number of nitrogens with zero attached hydrogens (tertiary/aromatic N) is 1. The van der Waals surface area contributed by atoms with Crippen LogP contribution < -0.4 is 0 Å². The van der Waals surface area contributed by atoms with Crippen LogP contribution in [0.25, 0.3) is 0 Å². The highest BCUT2D eigenvalue weighted by Gasteiger charge is 2.25. The van der Waals surface area contributed by atoms with Gasteiger partial charge in [-0.25, -0.2) is 4.79 Å². The molecule has 0 amide bonds. The number of unbranched alkanes of at least 4 members (excludes halogenated alkanes) is 53. The zero-order valence-electron chi connectivity index (χ0n) is 54.5. The molecule has 0 aliphatic rings. The van der Waals surface area contributed by atoms with Crippen LogP contribution in [0.2, 0.25) is 0 Å². The lowest BCUT2D eigenvalue weighted by Crippen LogP contribution is -2.40. The lowest BCUT2D eigenvalue weighted by Gasteiger charge is -2.25. The fourth-order valence-corrected chi connectivity index (χ4v) is 11.1. The Hall–Kier alpha value is -1.71. The van der Waals surface area contributed by atoms with Crippen molar-refractivity contribution in [2.75, 3.05) is 47.5 Å². The smallest absolute Gasteiger partial charge is 0.361 e. The minimum Gasteiger partial charge on any atom is -0.477 e. The predicted molar refractivity (Wildman–Crippen MR) is 342 cm³/mol. The van der Waals surface area contributed by atoms with E-state index in [0.717, 1.165) is 38.5 Å². The Balaban J connectivity index is 3.97. The zero-order valence-corrected chi connectivity index (χ0v) is 54.5. The van der Waals surface area contributed by atoms with Gasteiger partial charge in [-0.2, -0.15) is 0 Å². The Morgan fingerprint density at radius 3 is 0.800 bits per heavy atom. The Kier molecular flexibility index (Phi) is 62.0. The Bertz CT molecular complexity index is 1270. The molecule has 0 aromatic heterocycles. The van der Waals surface area contributed by atoms with Crippen LogP contribution in [-0.2, 0) is 33.3 Å². The molecule has 0 fully saturated rings. The molecule has 9 nitrogen and oxygen atoms in total. The highest BCUT2D eigenvalue weighted by Crippen LogP contribution is 2.20. The molecule has 476 valence electrons. The normalized spacial score (nSPS) is 12.6. The summed E-state index contributed by atoms with van der Waals surface area (Å²) in [7, 11) is 5.99. The fraction of sp³-hybridized carbons (Fsp3) is 0.958. The summed E-state index contributed by atoms with van der Waals surface area (Å²) in [5.41, 5.74) is 0. The first-order valence-corrected chi connectivity index (χ1v) is 35.7. The average Bonchev–Trinajstić information content (AvgIpc) is 3.43. The lowest BCUT2D eigenvalue weighted by atomic mass is 10.0. The average molecular weight is 1140 g/mol. The van der Waals surface area contributed by atoms with Crippen molar-refractivity contribution in [3.63, 3.8) is 0 Å². The van der Waals surface area contributed by atoms with E-state index in [0.29, 0.717) is 17.4 Å². The lowest BCUT2D eigenvalue weighted by molar-refractivity contribution is -0.870. The van der Waals surface area contributed by atoms with Crippen LogP contribution in [0.3, 0.4) is 0 Å². The molecule has 2 unspecified atom stereocenters. The molecule has 80 heavy (non-hydrogen) atoms. The Labute approximate surface area is 498 Å². The number of hydrogen-bond donors (Lipinski definition) is 1. The Morgan fingerprint density at radius 2 is 0.562 bits per heavy atom. The van der Waals surface area contributed by atoms with E-state index in [1.54, 1.807) is 0 Å². The summed E-state index contributed by atoms with van der Waals surface area (Å²) in [5, 5.41) is 9.74. The standard InChI is InChI=1S/C71H139NO8/c1-6-8-10-12-14-16-18-20-22-24-26-28-29-30-31-32-33-34-35-36-37-38-39-40-41-42-44-46-48-50-52-54-56-58-60-62-69(74)80-67(66-79-71(70(75)76)77-64-63-72(3,4)5)65-78-68(73)61-59-57-55-53-51-49-47-45-43-27-25-23-21-19-17-15-13-11-9-7-2/h67,71H,6-66H2,1-5H3/p+1. The second-order valence-corrected chi connectivity index (χ2v) is 25.9. The molecule has 0 aliphatic carbocycles. The van der Waals surface area contributed by atoms with Gasteiger partial charge in [0.1, 0.15) is 13.2 Å². The van der Waals surface area contributed by atoms with Gasteiger partial charge in [0.15, 0.2) is 6.10 Å². The maximum absolute atomic E-state index is 12.9. The van der Waals surface area contributed by atoms with Gasteiger partial charge in [0.25, 0.3) is 6.29 Å². The van der Waals surface area contributed by atoms with Crippen molar-refractivity contribution in [2.45, 2.75) is 392 Å². The molecule has 0 rings (SSSR count). The number of hydrogen-bond acceptors (Lipinski definition) is 7. The minimum atomic E-state index is -1.50. The minimum absolute atomic E-state index is 0.172. The summed E-state index contributed by atoms with van der Waals surface area (Å²) < 4.78 is 23.0. The summed E-state index contributed by atoms with van der Waals surface area (Å²) in [4.78, 5) is 37.6. The zero-order chi connectivity index (χ0) is 58.3. The molecule has 0 heterocycles. The first-order chi connectivity index (χ1) is 39.1. The first kappa shape index (κ1) is 78.3. The van der Waals surface area contributed by atoms with Crippen molar-refractivity contribution in [3.8, 4) is 0 Å². The molecule has 0 aliphatic heterocycles. The van der Waals surface area contributed by atoms with Crippen molar-refractivity contribution in [2.24, 2.45) is 0 Å². The van der Waals surface area contributed by atoms with Crippen LogP contribution in [-0.4, -0.2) is 87.4 Å². The van der Waals surface area contributed by atoms with Gasteiger partial charge in [-0.1, -0.05) is 354 Å². The monoisotopic (exact) mass is 1140 g/mol. The number of rotatable bonds is 68. The van der Waals surface area contributed by atoms with Gasteiger partial charge in [-0.15, -0.1) is 0 Å². The quantitative estimate of drug-likeness (QED) is 0.0278. The molecule has 2 atom stereocenters. The van der Waals surface area contributed by atoms with Crippen molar-refractivity contribution < 1.29 is 42.9 Å². The fourth-order valence-electron chi connectivity index (χ4n) is 11.1. The second kappa shape index (κ2) is 63.3. The van der Waals surface area contributed by atoms with E-state index >= 15 is 0 Å². The van der Waals surface area contributed by atoms with Gasteiger partial charge in [-0.05, 0) is 12.8 Å². The summed E-state index contributed by atoms with van der Waals surface area (Å²) in [6.45, 7) is 4.97. The second-order valence-electron chi connectivity index (χ2n) is 25.9. The van der Waals surface area contributed by atoms with Crippen LogP contribution >= 0.6 is 0 Å². The van der Waals surface area contributed by atoms with E-state index in [2.05, 4.69) is 13.8 Å². The summed E-state index contributed by atoms with van der Waals surface area (Å²) in [6.07, 6.45) is 72.4. The first-order valence-electron chi connectivity index (χ1n) is 35.7. The number of quaternary nitrogens is 1. The van der Waals surface area contributed by atoms with Crippen LogP contribution in [0.1, 0.15) is 380 Å². The molecule has 0 saturated heterocycles. The molecule has 9 heteroatoms. The van der Waals surface area contributed by atoms with E-state index in [4.69, 9.17) is 18.9 Å². The number of carbonyl (C=O) groups is 3. The van der Waals surface area contributed by atoms with E-state index in [1.807, 2.05) is 21.1 Å². The van der Waals surface area contributed by atoms with Crippen molar-refractivity contribution in [3.05, 3.63) is 0 Å². The van der Waals surface area contributed by atoms with Gasteiger partial charge in [0.05, 0.1) is 34.4 Å². The number of carboxylic acid groups (broad SMARTS) is 1. The predicted octanol–water partition coefficient (Wildman–Crippen LogP) is 21.9. The molecule has 0 aromatic rings. The number of carboxylic acids is 1. The maximum atomic E-state index is 12.9. The van der Waals surface area contributed by atoms with Crippen molar-refractivity contribution in [1.29, 1.82) is 0 Å². The van der Waals surface area contributed by atoms with E-state index in [1.165, 1.54) is 315 Å². The molecule has 0 bridgehead atoms. The summed E-state index contributed by atoms with van der Waals surface area (Å²) in [6, 6.07) is 0. The van der Waals surface area contributed by atoms with Crippen LogP contribution in [0.15, 0.2) is 0 Å². The number of ether oxygens (including phenoxy) is 4. The molecule has 0 spiro atoms. The topological polar surface area (TPSA) is 108 Å². The van der Waals surface area contributed by atoms with Crippen LogP contribution in [0.4, 0.5) is 0 Å². The van der Waals surface area contributed by atoms with Gasteiger partial charge in [-0.3, -0.25) is 9.59 Å². The van der Waals surface area contributed by atoms with E-state index in [9.17, 15) is 19.5 Å². The third-order valence-corrected chi connectivity index (χ3v) is 16.6. The Morgan fingerprint density at radius 1 is 0.325 bits per heavy atom. The molecule has 0 aromatic carbocycles. The highest BCUT2D eigenvalue weighted by molar-refractivity contribution is 5.71. The van der Waals surface area contributed by atoms with Crippen LogP contribution in [0, 0.1) is 0 Å². The van der Waals surface area contributed by atoms with Crippen molar-refractivity contribution >= 4 is 17.9 Å². The third kappa shape index (κ3) is 63.9. The third-order valence-electron chi connectivity index (χ3n) is 16.6. The number of likely N-dealkylation sites (N-methyl/N-ethyl adjacent to an activating group) is 1. The molecular weight excluding hydrogens is 995 g/mol. The summed E-state index contributed by atoms with van der Waals surface area (Å²) in [5.74, 6) is -1.97. The number of carbonyl (C=O) groups excluding carboxylic acids is 2. The van der Waals surface area contributed by atoms with E-state index < -0.39 is 18.4 Å². The molecule has 0 saturated carbocycles. The largest absolute Gasteiger partial charge is 0.477 e.